The molecule has 1 heterocycles. The number of alkyl halides is 1. The van der Waals surface area contributed by atoms with Crippen LogP contribution in [0, 0.1) is 18.2 Å². The molecule has 1 aliphatic heterocycles. The SMILES string of the molecule is Cc1cc(S(=O)(=O)N2CCC(C)(C)CC2)cc(CCl)c1F. The monoisotopic (exact) mass is 333 g/mol. The second kappa shape index (κ2) is 5.86. The third-order valence-corrected chi connectivity index (χ3v) is 6.33. The van der Waals surface area contributed by atoms with E-state index in [-0.39, 0.29) is 21.8 Å². The molecule has 1 fully saturated rings. The molecule has 1 aromatic carbocycles. The summed E-state index contributed by atoms with van der Waals surface area (Å²) < 4.78 is 40.7. The predicted octanol–water partition coefficient (Wildman–Crippen LogP) is 3.68. The van der Waals surface area contributed by atoms with Crippen molar-refractivity contribution in [2.75, 3.05) is 13.1 Å². The lowest BCUT2D eigenvalue weighted by atomic mass is 9.83. The Morgan fingerprint density at radius 1 is 1.29 bits per heavy atom. The van der Waals surface area contributed by atoms with Crippen molar-refractivity contribution in [3.63, 3.8) is 0 Å². The van der Waals surface area contributed by atoms with Crippen molar-refractivity contribution in [2.24, 2.45) is 5.41 Å². The molecular weight excluding hydrogens is 313 g/mol. The van der Waals surface area contributed by atoms with Crippen LogP contribution in [0.3, 0.4) is 0 Å². The third kappa shape index (κ3) is 3.41. The number of aryl methyl sites for hydroxylation is 1. The van der Waals surface area contributed by atoms with E-state index in [0.29, 0.717) is 18.7 Å². The van der Waals surface area contributed by atoms with Gasteiger partial charge in [-0.3, -0.25) is 0 Å². The van der Waals surface area contributed by atoms with E-state index in [1.54, 1.807) is 6.92 Å². The largest absolute Gasteiger partial charge is 0.243 e. The summed E-state index contributed by atoms with van der Waals surface area (Å²) in [6.07, 6.45) is 1.66. The molecule has 6 heteroatoms. The highest BCUT2D eigenvalue weighted by Crippen LogP contribution is 2.33. The van der Waals surface area contributed by atoms with Crippen LogP contribution in [0.25, 0.3) is 0 Å². The second-order valence-corrected chi connectivity index (χ2v) is 8.62. The maximum absolute atomic E-state index is 13.8. The molecule has 0 saturated carbocycles. The van der Waals surface area contributed by atoms with Crippen LogP contribution >= 0.6 is 11.6 Å². The molecule has 0 amide bonds. The molecule has 0 aromatic heterocycles. The zero-order valence-corrected chi connectivity index (χ0v) is 14.2. The summed E-state index contributed by atoms with van der Waals surface area (Å²) in [7, 11) is -3.58. The molecular formula is C15H21ClFNO2S. The van der Waals surface area contributed by atoms with Crippen LogP contribution in [0.1, 0.15) is 37.8 Å². The molecule has 1 saturated heterocycles. The van der Waals surface area contributed by atoms with Gasteiger partial charge in [0.25, 0.3) is 0 Å². The van der Waals surface area contributed by atoms with Gasteiger partial charge in [0.15, 0.2) is 0 Å². The van der Waals surface area contributed by atoms with Crippen LogP contribution in [-0.2, 0) is 15.9 Å². The first kappa shape index (κ1) is 16.7. The minimum atomic E-state index is -3.58. The van der Waals surface area contributed by atoms with Crippen LogP contribution in [0.5, 0.6) is 0 Å². The van der Waals surface area contributed by atoms with E-state index in [2.05, 4.69) is 13.8 Å². The minimum absolute atomic E-state index is 0.0386. The van der Waals surface area contributed by atoms with E-state index in [1.807, 2.05) is 0 Å². The number of halogens is 2. The molecule has 0 aliphatic carbocycles. The van der Waals surface area contributed by atoms with Crippen molar-refractivity contribution in [1.82, 2.24) is 4.31 Å². The average molecular weight is 334 g/mol. The first-order valence-electron chi connectivity index (χ1n) is 7.02. The maximum atomic E-state index is 13.8. The fourth-order valence-corrected chi connectivity index (χ4v) is 4.31. The summed E-state index contributed by atoms with van der Waals surface area (Å²) in [6, 6.07) is 2.74. The first-order valence-corrected chi connectivity index (χ1v) is 9.00. The Labute approximate surface area is 131 Å². The van der Waals surface area contributed by atoms with Gasteiger partial charge < -0.3 is 0 Å². The Morgan fingerprint density at radius 2 is 1.86 bits per heavy atom. The van der Waals surface area contributed by atoms with Gasteiger partial charge in [-0.15, -0.1) is 11.6 Å². The Hall–Kier alpha value is -0.650. The van der Waals surface area contributed by atoms with Crippen molar-refractivity contribution in [1.29, 1.82) is 0 Å². The highest BCUT2D eigenvalue weighted by atomic mass is 35.5. The van der Waals surface area contributed by atoms with Crippen molar-refractivity contribution in [3.8, 4) is 0 Å². The summed E-state index contributed by atoms with van der Waals surface area (Å²) in [4.78, 5) is 0.136. The van der Waals surface area contributed by atoms with Crippen molar-refractivity contribution in [3.05, 3.63) is 29.1 Å². The summed E-state index contributed by atoms with van der Waals surface area (Å²) >= 11 is 5.70. The van der Waals surface area contributed by atoms with Gasteiger partial charge in [0.05, 0.1) is 10.8 Å². The van der Waals surface area contributed by atoms with Crippen molar-refractivity contribution >= 4 is 21.6 Å². The number of hydrogen-bond donors (Lipinski definition) is 0. The minimum Gasteiger partial charge on any atom is -0.207 e. The number of piperidine rings is 1. The lowest BCUT2D eigenvalue weighted by Gasteiger charge is -2.36. The van der Waals surface area contributed by atoms with Gasteiger partial charge >= 0.3 is 0 Å². The first-order chi connectivity index (χ1) is 9.67. The molecule has 0 radical (unpaired) electrons. The second-order valence-electron chi connectivity index (χ2n) is 6.42. The molecule has 0 N–H and O–H groups in total. The molecule has 0 atom stereocenters. The zero-order valence-electron chi connectivity index (χ0n) is 12.6. The van der Waals surface area contributed by atoms with Crippen LogP contribution in [0.15, 0.2) is 17.0 Å². The molecule has 0 unspecified atom stereocenters. The molecule has 3 nitrogen and oxygen atoms in total. The Kier molecular flexibility index (Phi) is 4.66. The van der Waals surface area contributed by atoms with E-state index in [4.69, 9.17) is 11.6 Å². The molecule has 21 heavy (non-hydrogen) atoms. The molecule has 2 rings (SSSR count). The van der Waals surface area contributed by atoms with Gasteiger partial charge in [0.2, 0.25) is 10.0 Å². The van der Waals surface area contributed by atoms with Gasteiger partial charge in [0, 0.05) is 18.7 Å². The van der Waals surface area contributed by atoms with Crippen LogP contribution < -0.4 is 0 Å². The highest BCUT2D eigenvalue weighted by molar-refractivity contribution is 7.89. The maximum Gasteiger partial charge on any atom is 0.243 e. The molecule has 1 aromatic rings. The Bertz CT molecular complexity index is 633. The van der Waals surface area contributed by atoms with E-state index in [9.17, 15) is 12.8 Å². The lowest BCUT2D eigenvalue weighted by Crippen LogP contribution is -2.41. The number of hydrogen-bond acceptors (Lipinski definition) is 2. The van der Waals surface area contributed by atoms with E-state index < -0.39 is 15.8 Å². The van der Waals surface area contributed by atoms with Crippen LogP contribution in [-0.4, -0.2) is 25.8 Å². The molecule has 1 aliphatic rings. The number of nitrogens with zero attached hydrogens (tertiary/aromatic N) is 1. The van der Waals surface area contributed by atoms with Gasteiger partial charge in [-0.05, 0) is 42.9 Å². The third-order valence-electron chi connectivity index (χ3n) is 4.16. The van der Waals surface area contributed by atoms with Crippen molar-refractivity contribution in [2.45, 2.75) is 44.4 Å². The summed E-state index contributed by atoms with van der Waals surface area (Å²) in [5, 5.41) is 0. The Balaban J connectivity index is 2.35. The summed E-state index contributed by atoms with van der Waals surface area (Å²) in [6.45, 7) is 6.85. The number of sulfonamides is 1. The van der Waals surface area contributed by atoms with Gasteiger partial charge in [-0.2, -0.15) is 4.31 Å². The standard InChI is InChI=1S/C15H21ClFNO2S/c1-11-8-13(9-12(10-16)14(11)17)21(19,20)18-6-4-15(2,3)5-7-18/h8-9H,4-7,10H2,1-3H3. The lowest BCUT2D eigenvalue weighted by molar-refractivity contribution is 0.196. The van der Waals surface area contributed by atoms with Crippen molar-refractivity contribution < 1.29 is 12.8 Å². The van der Waals surface area contributed by atoms with E-state index in [0.717, 1.165) is 12.8 Å². The summed E-state index contributed by atoms with van der Waals surface area (Å²) in [5.74, 6) is -0.466. The number of rotatable bonds is 3. The zero-order chi connectivity index (χ0) is 15.8. The Morgan fingerprint density at radius 3 is 2.38 bits per heavy atom. The van der Waals surface area contributed by atoms with Gasteiger partial charge in [-0.1, -0.05) is 13.8 Å². The summed E-state index contributed by atoms with van der Waals surface area (Å²) in [5.41, 5.74) is 0.711. The average Bonchev–Trinajstić information content (AvgIpc) is 2.41. The normalized spacial score (nSPS) is 19.7. The molecule has 0 bridgehead atoms. The number of benzene rings is 1. The van der Waals surface area contributed by atoms with Gasteiger partial charge in [-0.25, -0.2) is 12.8 Å². The fraction of sp³-hybridized carbons (Fsp3) is 0.600. The van der Waals surface area contributed by atoms with Gasteiger partial charge in [0.1, 0.15) is 5.82 Å². The molecule has 0 spiro atoms. The highest BCUT2D eigenvalue weighted by Gasteiger charge is 2.33. The predicted molar refractivity (Wildman–Crippen MR) is 82.5 cm³/mol. The van der Waals surface area contributed by atoms with Crippen LogP contribution in [0.4, 0.5) is 4.39 Å². The topological polar surface area (TPSA) is 37.4 Å². The van der Waals surface area contributed by atoms with Crippen LogP contribution in [0.2, 0.25) is 0 Å². The quantitative estimate of drug-likeness (QED) is 0.791. The fourth-order valence-electron chi connectivity index (χ4n) is 2.53. The van der Waals surface area contributed by atoms with E-state index >= 15 is 0 Å². The van der Waals surface area contributed by atoms with E-state index in [1.165, 1.54) is 16.4 Å². The smallest absolute Gasteiger partial charge is 0.207 e. The molecule has 118 valence electrons.